The van der Waals surface area contributed by atoms with Crippen LogP contribution in [0, 0.1) is 0 Å². The first-order chi connectivity index (χ1) is 9.16. The zero-order valence-electron chi connectivity index (χ0n) is 11.0. The molecule has 3 N–H and O–H groups in total. The minimum Gasteiger partial charge on any atom is -0.473 e. The van der Waals surface area contributed by atoms with Crippen LogP contribution < -0.4 is 15.8 Å². The van der Waals surface area contributed by atoms with Crippen LogP contribution in [0.15, 0.2) is 17.2 Å². The number of ether oxygens (including phenoxy) is 1. The van der Waals surface area contributed by atoms with Crippen molar-refractivity contribution in [1.29, 1.82) is 0 Å². The van der Waals surface area contributed by atoms with Crippen molar-refractivity contribution in [3.8, 4) is 5.88 Å². The van der Waals surface area contributed by atoms with Crippen LogP contribution >= 0.6 is 11.3 Å². The van der Waals surface area contributed by atoms with E-state index in [-0.39, 0.29) is 6.10 Å². The van der Waals surface area contributed by atoms with Gasteiger partial charge in [0.2, 0.25) is 5.88 Å². The Balaban J connectivity index is 1.96. The van der Waals surface area contributed by atoms with E-state index in [1.54, 1.807) is 11.3 Å². The molecular formula is C12H17N5OS. The van der Waals surface area contributed by atoms with Crippen LogP contribution in [0.2, 0.25) is 0 Å². The van der Waals surface area contributed by atoms with Gasteiger partial charge in [-0.05, 0) is 13.8 Å². The summed E-state index contributed by atoms with van der Waals surface area (Å²) in [6.07, 6.45) is 2.30. The van der Waals surface area contributed by atoms with Crippen LogP contribution in [0.5, 0.6) is 5.88 Å². The summed E-state index contributed by atoms with van der Waals surface area (Å²) in [5.74, 6) is 1.02. The molecule has 0 aliphatic rings. The van der Waals surface area contributed by atoms with Gasteiger partial charge in [-0.15, -0.1) is 11.3 Å². The molecular weight excluding hydrogens is 262 g/mol. The third-order valence-electron chi connectivity index (χ3n) is 2.35. The zero-order valence-corrected chi connectivity index (χ0v) is 11.8. The van der Waals surface area contributed by atoms with E-state index in [2.05, 4.69) is 20.3 Å². The highest BCUT2D eigenvalue weighted by Gasteiger charge is 2.10. The molecule has 0 aromatic carbocycles. The first kappa shape index (κ1) is 13.5. The van der Waals surface area contributed by atoms with E-state index in [9.17, 15) is 0 Å². The van der Waals surface area contributed by atoms with Gasteiger partial charge in [0.1, 0.15) is 12.0 Å². The topological polar surface area (TPSA) is 86.0 Å². The molecule has 0 saturated carbocycles. The smallest absolute Gasteiger partial charge is 0.242 e. The number of rotatable bonds is 6. The number of hydrogen-bond donors (Lipinski definition) is 2. The summed E-state index contributed by atoms with van der Waals surface area (Å²) in [5, 5.41) is 5.20. The van der Waals surface area contributed by atoms with Gasteiger partial charge in [0.25, 0.3) is 0 Å². The monoisotopic (exact) mass is 279 g/mol. The number of anilines is 2. The van der Waals surface area contributed by atoms with Crippen molar-refractivity contribution in [3.63, 3.8) is 0 Å². The Labute approximate surface area is 116 Å². The molecule has 0 atom stereocenters. The number of nitrogen functional groups attached to an aromatic ring is 1. The molecule has 0 spiro atoms. The molecule has 0 fully saturated rings. The lowest BCUT2D eigenvalue weighted by Crippen LogP contribution is -2.13. The summed E-state index contributed by atoms with van der Waals surface area (Å²) in [6.45, 7) is 4.57. The molecule has 0 aliphatic heterocycles. The van der Waals surface area contributed by atoms with Crippen molar-refractivity contribution in [3.05, 3.63) is 22.9 Å². The lowest BCUT2D eigenvalue weighted by molar-refractivity contribution is 0.234. The Morgan fingerprint density at radius 2 is 2.21 bits per heavy atom. The predicted molar refractivity (Wildman–Crippen MR) is 76.5 cm³/mol. The number of aromatic nitrogens is 3. The number of nitrogens with two attached hydrogens (primary N) is 1. The van der Waals surface area contributed by atoms with Gasteiger partial charge in [0.05, 0.1) is 17.3 Å². The fraction of sp³-hybridized carbons (Fsp3) is 0.417. The van der Waals surface area contributed by atoms with Crippen molar-refractivity contribution in [1.82, 2.24) is 15.0 Å². The second-order valence-electron chi connectivity index (χ2n) is 4.26. The minimum absolute atomic E-state index is 0.0278. The highest BCUT2D eigenvalue weighted by atomic mass is 32.1. The molecule has 0 radical (unpaired) electrons. The van der Waals surface area contributed by atoms with Crippen molar-refractivity contribution >= 4 is 22.8 Å². The van der Waals surface area contributed by atoms with E-state index >= 15 is 0 Å². The van der Waals surface area contributed by atoms with Gasteiger partial charge in [0, 0.05) is 18.3 Å². The van der Waals surface area contributed by atoms with Gasteiger partial charge in [-0.2, -0.15) is 4.98 Å². The maximum absolute atomic E-state index is 5.97. The summed E-state index contributed by atoms with van der Waals surface area (Å²) < 4.78 is 5.51. The van der Waals surface area contributed by atoms with Crippen molar-refractivity contribution in [2.24, 2.45) is 0 Å². The summed E-state index contributed by atoms with van der Waals surface area (Å²) >= 11 is 1.59. The highest BCUT2D eigenvalue weighted by Crippen LogP contribution is 2.25. The van der Waals surface area contributed by atoms with E-state index in [4.69, 9.17) is 10.5 Å². The molecule has 2 aromatic heterocycles. The number of nitrogens with one attached hydrogen (secondary N) is 1. The third kappa shape index (κ3) is 3.78. The molecule has 2 aromatic rings. The minimum atomic E-state index is 0.0278. The normalized spacial score (nSPS) is 10.7. The average molecular weight is 279 g/mol. The van der Waals surface area contributed by atoms with Crippen molar-refractivity contribution in [2.75, 3.05) is 17.6 Å². The van der Waals surface area contributed by atoms with Crippen LogP contribution in [-0.2, 0) is 6.42 Å². The summed E-state index contributed by atoms with van der Waals surface area (Å²) in [4.78, 5) is 12.4. The van der Waals surface area contributed by atoms with Gasteiger partial charge >= 0.3 is 0 Å². The number of hydrogen-bond acceptors (Lipinski definition) is 7. The van der Waals surface area contributed by atoms with Gasteiger partial charge in [-0.1, -0.05) is 0 Å². The molecule has 0 unspecified atom stereocenters. The Hall–Kier alpha value is -1.89. The molecule has 0 bridgehead atoms. The molecule has 19 heavy (non-hydrogen) atoms. The Morgan fingerprint density at radius 1 is 1.37 bits per heavy atom. The molecule has 2 heterocycles. The Bertz CT molecular complexity index is 515. The third-order valence-corrected chi connectivity index (χ3v) is 2.99. The molecule has 2 rings (SSSR count). The van der Waals surface area contributed by atoms with Crippen LogP contribution in [0.4, 0.5) is 11.5 Å². The van der Waals surface area contributed by atoms with Crippen molar-refractivity contribution < 1.29 is 4.74 Å². The van der Waals surface area contributed by atoms with Crippen LogP contribution in [0.25, 0.3) is 0 Å². The van der Waals surface area contributed by atoms with Gasteiger partial charge in [-0.3, -0.25) is 0 Å². The fourth-order valence-electron chi connectivity index (χ4n) is 1.51. The first-order valence-electron chi connectivity index (χ1n) is 6.05. The lowest BCUT2D eigenvalue weighted by atomic mass is 10.3. The molecule has 6 nitrogen and oxygen atoms in total. The Kier molecular flexibility index (Phi) is 4.51. The van der Waals surface area contributed by atoms with Crippen LogP contribution in [-0.4, -0.2) is 27.6 Å². The summed E-state index contributed by atoms with van der Waals surface area (Å²) in [5.41, 5.74) is 9.29. The number of thiazole rings is 1. The molecule has 7 heteroatoms. The zero-order chi connectivity index (χ0) is 13.7. The quantitative estimate of drug-likeness (QED) is 0.840. The largest absolute Gasteiger partial charge is 0.473 e. The first-order valence-corrected chi connectivity index (χ1v) is 6.99. The van der Waals surface area contributed by atoms with Gasteiger partial charge in [0.15, 0.2) is 5.82 Å². The number of nitrogens with zero attached hydrogens (tertiary/aromatic N) is 3. The van der Waals surface area contributed by atoms with E-state index in [0.29, 0.717) is 23.9 Å². The maximum Gasteiger partial charge on any atom is 0.242 e. The second kappa shape index (κ2) is 6.33. The average Bonchev–Trinajstić information content (AvgIpc) is 2.86. The summed E-state index contributed by atoms with van der Waals surface area (Å²) in [6, 6.07) is 0. The van der Waals surface area contributed by atoms with Crippen molar-refractivity contribution in [2.45, 2.75) is 26.4 Å². The van der Waals surface area contributed by atoms with Crippen LogP contribution in [0.3, 0.4) is 0 Å². The molecule has 102 valence electrons. The summed E-state index contributed by atoms with van der Waals surface area (Å²) in [7, 11) is 0. The van der Waals surface area contributed by atoms with E-state index in [0.717, 1.165) is 12.1 Å². The van der Waals surface area contributed by atoms with E-state index < -0.39 is 0 Å². The van der Waals surface area contributed by atoms with Gasteiger partial charge < -0.3 is 15.8 Å². The van der Waals surface area contributed by atoms with E-state index in [1.807, 2.05) is 24.7 Å². The fourth-order valence-corrected chi connectivity index (χ4v) is 2.10. The highest BCUT2D eigenvalue weighted by molar-refractivity contribution is 7.07. The maximum atomic E-state index is 5.97. The predicted octanol–water partition coefficient (Wildman–Crippen LogP) is 1.96. The SMILES string of the molecule is CC(C)Oc1ncnc(NCCc2cscn2)c1N. The second-order valence-corrected chi connectivity index (χ2v) is 4.98. The Morgan fingerprint density at radius 3 is 2.89 bits per heavy atom. The molecule has 0 aliphatic carbocycles. The van der Waals surface area contributed by atoms with Gasteiger partial charge in [-0.25, -0.2) is 9.97 Å². The molecule has 0 saturated heterocycles. The van der Waals surface area contributed by atoms with Crippen LogP contribution in [0.1, 0.15) is 19.5 Å². The standard InChI is InChI=1S/C12H17N5OS/c1-8(2)18-12-10(13)11(15-6-16-12)14-4-3-9-5-19-7-17-9/h5-8H,3-4,13H2,1-2H3,(H,14,15,16). The lowest BCUT2D eigenvalue weighted by Gasteiger charge is -2.13. The van der Waals surface area contributed by atoms with E-state index in [1.165, 1.54) is 6.33 Å². The molecule has 0 amide bonds.